The Labute approximate surface area is 224 Å². The Bertz CT molecular complexity index is 1350. The van der Waals surface area contributed by atoms with Crippen molar-refractivity contribution in [3.05, 3.63) is 64.8 Å². The highest BCUT2D eigenvalue weighted by atomic mass is 16.6. The lowest BCUT2D eigenvalue weighted by molar-refractivity contribution is 0.0542. The fourth-order valence-corrected chi connectivity index (χ4v) is 5.94. The molecule has 0 amide bonds. The molecule has 7 nitrogen and oxygen atoms in total. The molecule has 1 N–H and O–H groups in total. The Morgan fingerprint density at radius 1 is 1.05 bits per heavy atom. The molecule has 2 heterocycles. The van der Waals surface area contributed by atoms with E-state index in [2.05, 4.69) is 4.90 Å². The number of likely N-dealkylation sites (tertiary alicyclic amines) is 1. The maximum Gasteiger partial charge on any atom is 0.419 e. The van der Waals surface area contributed by atoms with Gasteiger partial charge in [-0.25, -0.2) is 9.59 Å². The number of methoxy groups -OCH3 is 1. The summed E-state index contributed by atoms with van der Waals surface area (Å²) in [5.41, 5.74) is 3.49. The number of hydrogen-bond donors (Lipinski definition) is 1. The van der Waals surface area contributed by atoms with Gasteiger partial charge in [-0.3, -0.25) is 9.47 Å². The van der Waals surface area contributed by atoms with E-state index in [9.17, 15) is 14.7 Å². The van der Waals surface area contributed by atoms with Gasteiger partial charge < -0.3 is 14.6 Å². The number of aromatic nitrogens is 1. The average Bonchev–Trinajstić information content (AvgIpc) is 3.62. The minimum absolute atomic E-state index is 0.171. The number of piperidine rings is 1. The van der Waals surface area contributed by atoms with Crippen molar-refractivity contribution in [2.24, 2.45) is 11.8 Å². The second-order valence-corrected chi connectivity index (χ2v) is 11.8. The van der Waals surface area contributed by atoms with E-state index in [-0.39, 0.29) is 17.8 Å². The highest BCUT2D eigenvalue weighted by molar-refractivity contribution is 5.95. The van der Waals surface area contributed by atoms with Crippen LogP contribution in [0.1, 0.15) is 79.5 Å². The van der Waals surface area contributed by atoms with Crippen LogP contribution in [0.15, 0.2) is 42.6 Å². The number of ether oxygens (including phenoxy) is 2. The molecule has 2 fully saturated rings. The number of esters is 1. The van der Waals surface area contributed by atoms with E-state index in [0.29, 0.717) is 18.0 Å². The van der Waals surface area contributed by atoms with Gasteiger partial charge in [-0.1, -0.05) is 12.1 Å². The number of phenols is 1. The monoisotopic (exact) mass is 518 g/mol. The second kappa shape index (κ2) is 10.1. The van der Waals surface area contributed by atoms with E-state index >= 15 is 0 Å². The van der Waals surface area contributed by atoms with Gasteiger partial charge in [0.1, 0.15) is 11.4 Å². The molecule has 2 atom stereocenters. The first kappa shape index (κ1) is 26.3. The normalized spacial score (nSPS) is 20.4. The molecule has 3 aromatic rings. The summed E-state index contributed by atoms with van der Waals surface area (Å²) in [5, 5.41) is 11.9. The lowest BCUT2D eigenvalue weighted by Gasteiger charge is -2.40. The minimum Gasteiger partial charge on any atom is -0.508 e. The molecule has 0 spiro atoms. The summed E-state index contributed by atoms with van der Waals surface area (Å²) in [5.74, 6) is 1.41. The number of benzene rings is 2. The first-order valence-corrected chi connectivity index (χ1v) is 13.5. The van der Waals surface area contributed by atoms with Crippen molar-refractivity contribution >= 4 is 23.0 Å². The zero-order valence-corrected chi connectivity index (χ0v) is 23.0. The Hall–Kier alpha value is -3.32. The number of aryl methyl sites for hydroxylation is 1. The summed E-state index contributed by atoms with van der Waals surface area (Å²) in [6.45, 7) is 8.94. The summed E-state index contributed by atoms with van der Waals surface area (Å²) in [6.07, 6.45) is 6.12. The van der Waals surface area contributed by atoms with Gasteiger partial charge in [0.15, 0.2) is 0 Å². The summed E-state index contributed by atoms with van der Waals surface area (Å²) in [6, 6.07) is 11.6. The molecule has 1 aliphatic heterocycles. The third kappa shape index (κ3) is 5.30. The molecule has 1 aliphatic carbocycles. The van der Waals surface area contributed by atoms with Crippen molar-refractivity contribution in [3.8, 4) is 5.75 Å². The van der Waals surface area contributed by atoms with Crippen LogP contribution >= 0.6 is 0 Å². The smallest absolute Gasteiger partial charge is 0.419 e. The number of phenolic OH excluding ortho intramolecular Hbond substituents is 1. The second-order valence-electron chi connectivity index (χ2n) is 11.8. The van der Waals surface area contributed by atoms with Crippen LogP contribution < -0.4 is 0 Å². The minimum atomic E-state index is -0.607. The molecule has 1 aromatic heterocycles. The van der Waals surface area contributed by atoms with Gasteiger partial charge in [-0.05, 0) is 107 Å². The Kier molecular flexibility index (Phi) is 6.99. The summed E-state index contributed by atoms with van der Waals surface area (Å²) < 4.78 is 12.1. The standard InChI is InChI=1S/C31H38N2O5/c1-19-16-27(34)25(24-13-15-33(28(19)24)30(36)38-31(2,3)4)18-32-14-12-23(20-6-7-20)17-26(32)21-8-10-22(11-9-21)29(35)37-5/h8-11,13,15-16,20,23,26,34H,6-7,12,14,17-18H2,1-5H3/t23-,26+/m1/s1. The lowest BCUT2D eigenvalue weighted by atomic mass is 9.83. The lowest BCUT2D eigenvalue weighted by Crippen LogP contribution is -2.37. The summed E-state index contributed by atoms with van der Waals surface area (Å²) >= 11 is 0. The average molecular weight is 519 g/mol. The van der Waals surface area contributed by atoms with Crippen molar-refractivity contribution < 1.29 is 24.2 Å². The topological polar surface area (TPSA) is 81.0 Å². The number of carbonyl (C=O) groups excluding carboxylic acids is 2. The van der Waals surface area contributed by atoms with Gasteiger partial charge in [-0.2, -0.15) is 0 Å². The van der Waals surface area contributed by atoms with Crippen LogP contribution in [-0.2, 0) is 16.0 Å². The van der Waals surface area contributed by atoms with E-state index in [1.807, 2.05) is 58.0 Å². The summed E-state index contributed by atoms with van der Waals surface area (Å²) in [7, 11) is 1.39. The highest BCUT2D eigenvalue weighted by Gasteiger charge is 2.38. The molecule has 38 heavy (non-hydrogen) atoms. The van der Waals surface area contributed by atoms with Gasteiger partial charge >= 0.3 is 12.1 Å². The van der Waals surface area contributed by atoms with Crippen molar-refractivity contribution in [2.45, 2.75) is 71.6 Å². The first-order valence-electron chi connectivity index (χ1n) is 13.5. The molecule has 0 unspecified atom stereocenters. The maximum atomic E-state index is 12.9. The van der Waals surface area contributed by atoms with E-state index in [4.69, 9.17) is 9.47 Å². The van der Waals surface area contributed by atoms with Gasteiger partial charge in [0.2, 0.25) is 0 Å². The van der Waals surface area contributed by atoms with Crippen LogP contribution in [-0.4, -0.2) is 45.9 Å². The van der Waals surface area contributed by atoms with Gasteiger partial charge in [-0.15, -0.1) is 0 Å². The molecular formula is C31H38N2O5. The SMILES string of the molecule is COC(=O)c1ccc([C@@H]2C[C@H](C3CC3)CCN2Cc2c(O)cc(C)c3c2ccn3C(=O)OC(C)(C)C)cc1. The fraction of sp³-hybridized carbons (Fsp3) is 0.484. The number of rotatable bonds is 5. The predicted molar refractivity (Wildman–Crippen MR) is 146 cm³/mol. The van der Waals surface area contributed by atoms with Crippen LogP contribution in [0, 0.1) is 18.8 Å². The molecule has 5 rings (SSSR count). The largest absolute Gasteiger partial charge is 0.508 e. The number of aromatic hydroxyl groups is 1. The molecule has 1 saturated heterocycles. The number of nitrogens with zero attached hydrogens (tertiary/aromatic N) is 2. The van der Waals surface area contributed by atoms with Crippen molar-refractivity contribution in [1.82, 2.24) is 9.47 Å². The molecular weight excluding hydrogens is 480 g/mol. The van der Waals surface area contributed by atoms with Crippen molar-refractivity contribution in [2.75, 3.05) is 13.7 Å². The molecule has 2 aromatic carbocycles. The highest BCUT2D eigenvalue weighted by Crippen LogP contribution is 2.47. The Balaban J connectivity index is 1.48. The van der Waals surface area contributed by atoms with Crippen LogP contribution in [0.3, 0.4) is 0 Å². The van der Waals surface area contributed by atoms with Crippen LogP contribution in [0.2, 0.25) is 0 Å². The maximum absolute atomic E-state index is 12.9. The Morgan fingerprint density at radius 3 is 2.39 bits per heavy atom. The van der Waals surface area contributed by atoms with E-state index in [1.54, 1.807) is 16.8 Å². The van der Waals surface area contributed by atoms with Crippen LogP contribution in [0.5, 0.6) is 5.75 Å². The Morgan fingerprint density at radius 2 is 1.76 bits per heavy atom. The van der Waals surface area contributed by atoms with E-state index < -0.39 is 11.7 Å². The summed E-state index contributed by atoms with van der Waals surface area (Å²) in [4.78, 5) is 27.4. The zero-order chi connectivity index (χ0) is 27.2. The molecule has 7 heteroatoms. The van der Waals surface area contributed by atoms with Gasteiger partial charge in [0.05, 0.1) is 18.2 Å². The predicted octanol–water partition coefficient (Wildman–Crippen LogP) is 6.59. The molecule has 1 saturated carbocycles. The molecule has 2 aliphatic rings. The van der Waals surface area contributed by atoms with E-state index in [0.717, 1.165) is 52.9 Å². The molecule has 202 valence electrons. The zero-order valence-electron chi connectivity index (χ0n) is 23.0. The molecule has 0 radical (unpaired) electrons. The first-order chi connectivity index (χ1) is 18.1. The number of fused-ring (bicyclic) bond motifs is 1. The number of hydrogen-bond acceptors (Lipinski definition) is 6. The quantitative estimate of drug-likeness (QED) is 0.384. The van der Waals surface area contributed by atoms with E-state index in [1.165, 1.54) is 20.0 Å². The van der Waals surface area contributed by atoms with Gasteiger partial charge in [0, 0.05) is 29.7 Å². The van der Waals surface area contributed by atoms with Crippen molar-refractivity contribution in [1.29, 1.82) is 0 Å². The van der Waals surface area contributed by atoms with Crippen LogP contribution in [0.4, 0.5) is 4.79 Å². The number of carbonyl (C=O) groups is 2. The molecule has 0 bridgehead atoms. The van der Waals surface area contributed by atoms with Crippen molar-refractivity contribution in [3.63, 3.8) is 0 Å². The fourth-order valence-electron chi connectivity index (χ4n) is 5.94. The van der Waals surface area contributed by atoms with Gasteiger partial charge in [0.25, 0.3) is 0 Å². The third-order valence-corrected chi connectivity index (χ3v) is 7.96. The third-order valence-electron chi connectivity index (χ3n) is 7.96. The van der Waals surface area contributed by atoms with Crippen LogP contribution in [0.25, 0.3) is 10.9 Å².